The summed E-state index contributed by atoms with van der Waals surface area (Å²) in [6, 6.07) is 0.478. The van der Waals surface area contributed by atoms with E-state index < -0.39 is 9.84 Å². The lowest BCUT2D eigenvalue weighted by Crippen LogP contribution is -2.31. The van der Waals surface area contributed by atoms with Crippen molar-refractivity contribution in [2.75, 3.05) is 18.6 Å². The van der Waals surface area contributed by atoms with Crippen LogP contribution >= 0.6 is 0 Å². The van der Waals surface area contributed by atoms with Crippen LogP contribution in [-0.2, 0) is 9.84 Å². The van der Waals surface area contributed by atoms with Gasteiger partial charge >= 0.3 is 0 Å². The van der Waals surface area contributed by atoms with Crippen molar-refractivity contribution in [3.05, 3.63) is 0 Å². The van der Waals surface area contributed by atoms with Crippen LogP contribution in [0, 0.1) is 5.92 Å². The van der Waals surface area contributed by atoms with Gasteiger partial charge in [-0.1, -0.05) is 27.2 Å². The minimum atomic E-state index is -2.80. The van der Waals surface area contributed by atoms with Crippen molar-refractivity contribution in [3.63, 3.8) is 0 Å². The van der Waals surface area contributed by atoms with Gasteiger partial charge in [-0.2, -0.15) is 0 Å². The van der Waals surface area contributed by atoms with Crippen LogP contribution in [0.1, 0.15) is 52.9 Å². The number of nitrogens with one attached hydrogen (secondary N) is 1. The Kier molecular flexibility index (Phi) is 8.88. The lowest BCUT2D eigenvalue weighted by Gasteiger charge is -2.21. The quantitative estimate of drug-likeness (QED) is 0.659. The molecule has 0 saturated carbocycles. The van der Waals surface area contributed by atoms with Gasteiger partial charge in [0.15, 0.2) is 0 Å². The minimum Gasteiger partial charge on any atom is -0.314 e. The van der Waals surface area contributed by atoms with Gasteiger partial charge in [-0.15, -0.1) is 0 Å². The van der Waals surface area contributed by atoms with E-state index in [4.69, 9.17) is 0 Å². The standard InChI is InChI=1S/C13H29NO2S/c1-5-9-14-13(11-12(3)6-2)8-7-10-17(4,15)16/h12-14H,5-11H2,1-4H3. The Hall–Kier alpha value is -0.0900. The zero-order chi connectivity index (χ0) is 13.3. The highest BCUT2D eigenvalue weighted by Crippen LogP contribution is 2.14. The molecule has 0 rings (SSSR count). The monoisotopic (exact) mass is 263 g/mol. The molecular weight excluding hydrogens is 234 g/mol. The summed E-state index contributed by atoms with van der Waals surface area (Å²) < 4.78 is 22.2. The van der Waals surface area contributed by atoms with E-state index in [9.17, 15) is 8.42 Å². The maximum atomic E-state index is 11.1. The highest BCUT2D eigenvalue weighted by atomic mass is 32.2. The first-order chi connectivity index (χ1) is 7.89. The summed E-state index contributed by atoms with van der Waals surface area (Å²) in [5.74, 6) is 1.03. The fourth-order valence-electron chi connectivity index (χ4n) is 1.90. The average molecular weight is 263 g/mol. The van der Waals surface area contributed by atoms with Crippen molar-refractivity contribution in [1.29, 1.82) is 0 Å². The highest BCUT2D eigenvalue weighted by molar-refractivity contribution is 7.90. The van der Waals surface area contributed by atoms with Crippen molar-refractivity contribution in [1.82, 2.24) is 5.32 Å². The van der Waals surface area contributed by atoms with Crippen LogP contribution in [0.15, 0.2) is 0 Å². The first kappa shape index (κ1) is 16.9. The van der Waals surface area contributed by atoms with Gasteiger partial charge in [0.25, 0.3) is 0 Å². The van der Waals surface area contributed by atoms with E-state index in [-0.39, 0.29) is 0 Å². The molecule has 3 nitrogen and oxygen atoms in total. The summed E-state index contributed by atoms with van der Waals surface area (Å²) in [6.45, 7) is 7.65. The molecular formula is C13H29NO2S. The molecule has 0 aliphatic rings. The van der Waals surface area contributed by atoms with Gasteiger partial charge in [-0.25, -0.2) is 8.42 Å². The van der Waals surface area contributed by atoms with E-state index in [1.54, 1.807) is 0 Å². The number of hydrogen-bond donors (Lipinski definition) is 1. The first-order valence-corrected chi connectivity index (χ1v) is 8.86. The van der Waals surface area contributed by atoms with Crippen molar-refractivity contribution in [2.24, 2.45) is 5.92 Å². The van der Waals surface area contributed by atoms with E-state index in [2.05, 4.69) is 26.1 Å². The largest absolute Gasteiger partial charge is 0.314 e. The van der Waals surface area contributed by atoms with Crippen molar-refractivity contribution >= 4 is 9.84 Å². The molecule has 104 valence electrons. The second-order valence-corrected chi connectivity index (χ2v) is 7.43. The summed E-state index contributed by atoms with van der Waals surface area (Å²) in [5.41, 5.74) is 0. The Morgan fingerprint density at radius 1 is 1.24 bits per heavy atom. The van der Waals surface area contributed by atoms with Crippen molar-refractivity contribution < 1.29 is 8.42 Å². The van der Waals surface area contributed by atoms with Gasteiger partial charge in [0.1, 0.15) is 9.84 Å². The number of hydrogen-bond acceptors (Lipinski definition) is 3. The SMILES string of the molecule is CCCNC(CCCS(C)(=O)=O)CC(C)CC. The second-order valence-electron chi connectivity index (χ2n) is 5.17. The summed E-state index contributed by atoms with van der Waals surface area (Å²) in [4.78, 5) is 0. The zero-order valence-electron chi connectivity index (χ0n) is 11.8. The molecule has 0 bridgehead atoms. The normalized spacial score (nSPS) is 15.8. The third-order valence-corrected chi connectivity index (χ3v) is 4.16. The fourth-order valence-corrected chi connectivity index (χ4v) is 2.59. The molecule has 0 aliphatic carbocycles. The Morgan fingerprint density at radius 3 is 2.35 bits per heavy atom. The molecule has 0 saturated heterocycles. The van der Waals surface area contributed by atoms with Gasteiger partial charge in [-0.3, -0.25) is 0 Å². The van der Waals surface area contributed by atoms with Gasteiger partial charge in [0.05, 0.1) is 0 Å². The summed E-state index contributed by atoms with van der Waals surface area (Å²) in [5, 5.41) is 3.53. The molecule has 1 N–H and O–H groups in total. The molecule has 0 spiro atoms. The molecule has 4 heteroatoms. The summed E-state index contributed by atoms with van der Waals surface area (Å²) in [6.07, 6.45) is 6.53. The number of sulfone groups is 1. The molecule has 17 heavy (non-hydrogen) atoms. The van der Waals surface area contributed by atoms with E-state index in [0.717, 1.165) is 32.2 Å². The smallest absolute Gasteiger partial charge is 0.147 e. The average Bonchev–Trinajstić information content (AvgIpc) is 2.23. The molecule has 0 radical (unpaired) electrons. The number of rotatable bonds is 10. The van der Waals surface area contributed by atoms with Gasteiger partial charge in [-0.05, 0) is 38.1 Å². The molecule has 0 heterocycles. The fraction of sp³-hybridized carbons (Fsp3) is 1.00. The van der Waals surface area contributed by atoms with E-state index in [0.29, 0.717) is 17.7 Å². The molecule has 2 unspecified atom stereocenters. The molecule has 0 amide bonds. The highest BCUT2D eigenvalue weighted by Gasteiger charge is 2.12. The van der Waals surface area contributed by atoms with E-state index in [1.165, 1.54) is 12.7 Å². The van der Waals surface area contributed by atoms with E-state index >= 15 is 0 Å². The van der Waals surface area contributed by atoms with Crippen LogP contribution in [-0.4, -0.2) is 33.0 Å². The Bertz CT molecular complexity index is 275. The van der Waals surface area contributed by atoms with Crippen LogP contribution in [0.4, 0.5) is 0 Å². The van der Waals surface area contributed by atoms with Crippen molar-refractivity contribution in [2.45, 2.75) is 58.9 Å². The van der Waals surface area contributed by atoms with Crippen LogP contribution in [0.5, 0.6) is 0 Å². The van der Waals surface area contributed by atoms with Crippen LogP contribution in [0.25, 0.3) is 0 Å². The van der Waals surface area contributed by atoms with Crippen molar-refractivity contribution in [3.8, 4) is 0 Å². The minimum absolute atomic E-state index is 0.317. The van der Waals surface area contributed by atoms with Crippen LogP contribution in [0.2, 0.25) is 0 Å². The lowest BCUT2D eigenvalue weighted by molar-refractivity contribution is 0.375. The van der Waals surface area contributed by atoms with Crippen LogP contribution in [0.3, 0.4) is 0 Å². The Labute approximate surface area is 107 Å². The molecule has 2 atom stereocenters. The van der Waals surface area contributed by atoms with Gasteiger partial charge in [0.2, 0.25) is 0 Å². The third-order valence-electron chi connectivity index (χ3n) is 3.13. The van der Waals surface area contributed by atoms with Gasteiger partial charge < -0.3 is 5.32 Å². The first-order valence-electron chi connectivity index (χ1n) is 6.80. The summed E-state index contributed by atoms with van der Waals surface area (Å²) >= 11 is 0. The van der Waals surface area contributed by atoms with Gasteiger partial charge in [0, 0.05) is 18.1 Å². The predicted molar refractivity (Wildman–Crippen MR) is 75.1 cm³/mol. The molecule has 0 aromatic carbocycles. The Morgan fingerprint density at radius 2 is 1.88 bits per heavy atom. The molecule has 0 fully saturated rings. The Balaban J connectivity index is 4.00. The molecule has 0 aromatic heterocycles. The zero-order valence-corrected chi connectivity index (χ0v) is 12.6. The van der Waals surface area contributed by atoms with Crippen LogP contribution < -0.4 is 5.32 Å². The predicted octanol–water partition coefficient (Wildman–Crippen LogP) is 2.62. The third kappa shape index (κ3) is 10.8. The summed E-state index contributed by atoms with van der Waals surface area (Å²) in [7, 11) is -2.80. The maximum Gasteiger partial charge on any atom is 0.147 e. The maximum absolute atomic E-state index is 11.1. The topological polar surface area (TPSA) is 46.2 Å². The lowest BCUT2D eigenvalue weighted by atomic mass is 9.96. The molecule has 0 aromatic rings. The second kappa shape index (κ2) is 8.92. The van der Waals surface area contributed by atoms with E-state index in [1.807, 2.05) is 0 Å². The molecule has 0 aliphatic heterocycles.